The van der Waals surface area contributed by atoms with Gasteiger partial charge in [-0.05, 0) is 42.9 Å². The number of imidazole rings is 1. The first kappa shape index (κ1) is 13.0. The van der Waals surface area contributed by atoms with Gasteiger partial charge in [0, 0.05) is 13.1 Å². The first-order valence-electron chi connectivity index (χ1n) is 7.89. The molecule has 1 unspecified atom stereocenters. The Bertz CT molecular complexity index is 629. The molecule has 0 spiro atoms. The number of aromatic nitrogens is 2. The lowest BCUT2D eigenvalue weighted by atomic mass is 9.90. The Morgan fingerprint density at radius 2 is 2.19 bits per heavy atom. The quantitative estimate of drug-likeness (QED) is 0.920. The molecule has 1 aliphatic heterocycles. The maximum atomic E-state index is 5.91. The summed E-state index contributed by atoms with van der Waals surface area (Å²) in [5, 5.41) is 3.40. The van der Waals surface area contributed by atoms with E-state index in [-0.39, 0.29) is 6.10 Å². The van der Waals surface area contributed by atoms with E-state index in [4.69, 9.17) is 4.74 Å². The molecule has 0 radical (unpaired) electrons. The van der Waals surface area contributed by atoms with Crippen LogP contribution < -0.4 is 5.32 Å². The van der Waals surface area contributed by atoms with Crippen molar-refractivity contribution in [1.29, 1.82) is 0 Å². The Morgan fingerprint density at radius 3 is 3.10 bits per heavy atom. The van der Waals surface area contributed by atoms with E-state index >= 15 is 0 Å². The van der Waals surface area contributed by atoms with Crippen molar-refractivity contribution in [3.63, 3.8) is 0 Å². The molecule has 2 aliphatic rings. The Balaban J connectivity index is 1.76. The lowest BCUT2D eigenvalue weighted by Crippen LogP contribution is -2.34. The number of nitrogens with one attached hydrogen (secondary N) is 1. The monoisotopic (exact) mass is 283 g/mol. The van der Waals surface area contributed by atoms with Gasteiger partial charge >= 0.3 is 0 Å². The number of benzene rings is 1. The molecule has 4 rings (SSSR count). The zero-order valence-corrected chi connectivity index (χ0v) is 12.2. The molecule has 4 nitrogen and oxygen atoms in total. The summed E-state index contributed by atoms with van der Waals surface area (Å²) in [6, 6.07) is 6.65. The van der Waals surface area contributed by atoms with Crippen LogP contribution in [0.5, 0.6) is 0 Å². The summed E-state index contributed by atoms with van der Waals surface area (Å²) in [5.74, 6) is 0. The van der Waals surface area contributed by atoms with E-state index in [9.17, 15) is 0 Å². The molecule has 21 heavy (non-hydrogen) atoms. The molecule has 1 aromatic carbocycles. The summed E-state index contributed by atoms with van der Waals surface area (Å²) in [6.07, 6.45) is 8.94. The highest BCUT2D eigenvalue weighted by Crippen LogP contribution is 2.29. The number of ether oxygens (including phenoxy) is 1. The maximum Gasteiger partial charge on any atom is 0.112 e. The van der Waals surface area contributed by atoms with Crippen LogP contribution in [0.1, 0.15) is 35.8 Å². The van der Waals surface area contributed by atoms with Gasteiger partial charge in [0.25, 0.3) is 0 Å². The topological polar surface area (TPSA) is 39.1 Å². The molecule has 0 amide bonds. The second-order valence-electron chi connectivity index (χ2n) is 5.87. The molecule has 1 atom stereocenters. The lowest BCUT2D eigenvalue weighted by Gasteiger charge is -2.26. The highest BCUT2D eigenvalue weighted by atomic mass is 16.5. The summed E-state index contributed by atoms with van der Waals surface area (Å²) in [4.78, 5) is 4.38. The lowest BCUT2D eigenvalue weighted by molar-refractivity contribution is 0.0240. The largest absolute Gasteiger partial charge is 0.369 e. The van der Waals surface area contributed by atoms with Gasteiger partial charge in [-0.25, -0.2) is 4.98 Å². The fourth-order valence-corrected chi connectivity index (χ4v) is 3.49. The van der Waals surface area contributed by atoms with Crippen LogP contribution in [0.2, 0.25) is 0 Å². The van der Waals surface area contributed by atoms with Crippen LogP contribution in [0.4, 0.5) is 0 Å². The second kappa shape index (κ2) is 5.62. The highest BCUT2D eigenvalue weighted by Gasteiger charge is 2.22. The van der Waals surface area contributed by atoms with Gasteiger partial charge < -0.3 is 14.6 Å². The van der Waals surface area contributed by atoms with E-state index in [2.05, 4.69) is 33.1 Å². The number of rotatable bonds is 2. The number of nitrogens with zero attached hydrogens (tertiary/aromatic N) is 2. The van der Waals surface area contributed by atoms with E-state index in [0.29, 0.717) is 0 Å². The van der Waals surface area contributed by atoms with Gasteiger partial charge in [-0.3, -0.25) is 0 Å². The molecule has 4 heteroatoms. The third-order valence-electron chi connectivity index (χ3n) is 4.56. The van der Waals surface area contributed by atoms with E-state index in [1.54, 1.807) is 0 Å². The highest BCUT2D eigenvalue weighted by molar-refractivity contribution is 5.48. The average Bonchev–Trinajstić information content (AvgIpc) is 3.04. The summed E-state index contributed by atoms with van der Waals surface area (Å²) in [5.41, 5.74) is 5.43. The number of hydrogen-bond acceptors (Lipinski definition) is 3. The van der Waals surface area contributed by atoms with E-state index in [1.165, 1.54) is 42.5 Å². The maximum absolute atomic E-state index is 5.91. The number of fused-ring (bicyclic) bond motifs is 1. The van der Waals surface area contributed by atoms with Crippen molar-refractivity contribution in [3.05, 3.63) is 47.5 Å². The van der Waals surface area contributed by atoms with Crippen LogP contribution in [-0.4, -0.2) is 29.2 Å². The molecule has 1 fully saturated rings. The average molecular weight is 283 g/mol. The van der Waals surface area contributed by atoms with Crippen molar-refractivity contribution < 1.29 is 4.74 Å². The van der Waals surface area contributed by atoms with Gasteiger partial charge in [0.2, 0.25) is 0 Å². The second-order valence-corrected chi connectivity index (χ2v) is 5.87. The van der Waals surface area contributed by atoms with E-state index < -0.39 is 0 Å². The van der Waals surface area contributed by atoms with Crippen molar-refractivity contribution in [2.24, 2.45) is 0 Å². The molecule has 1 N–H and O–H groups in total. The molecule has 1 saturated heterocycles. The van der Waals surface area contributed by atoms with Gasteiger partial charge in [-0.1, -0.05) is 12.1 Å². The van der Waals surface area contributed by atoms with Gasteiger partial charge in [-0.15, -0.1) is 0 Å². The third kappa shape index (κ3) is 2.39. The fraction of sp³-hybridized carbons (Fsp3) is 0.471. The minimum atomic E-state index is 0.0979. The van der Waals surface area contributed by atoms with Crippen molar-refractivity contribution in [2.45, 2.75) is 31.8 Å². The van der Waals surface area contributed by atoms with Gasteiger partial charge in [0.15, 0.2) is 0 Å². The van der Waals surface area contributed by atoms with Gasteiger partial charge in [0.1, 0.15) is 6.10 Å². The number of aryl methyl sites for hydroxylation is 1. The number of morpholine rings is 1. The van der Waals surface area contributed by atoms with Crippen molar-refractivity contribution in [2.75, 3.05) is 19.7 Å². The van der Waals surface area contributed by atoms with Crippen LogP contribution in [0.3, 0.4) is 0 Å². The minimum Gasteiger partial charge on any atom is -0.369 e. The van der Waals surface area contributed by atoms with Crippen LogP contribution in [0.15, 0.2) is 30.7 Å². The van der Waals surface area contributed by atoms with Crippen molar-refractivity contribution >= 4 is 0 Å². The Morgan fingerprint density at radius 1 is 1.24 bits per heavy atom. The Kier molecular flexibility index (Phi) is 3.49. The molecule has 110 valence electrons. The predicted molar refractivity (Wildman–Crippen MR) is 81.8 cm³/mol. The first-order valence-corrected chi connectivity index (χ1v) is 7.89. The fourth-order valence-electron chi connectivity index (χ4n) is 3.49. The molecule has 2 heterocycles. The molecule has 2 aromatic rings. The van der Waals surface area contributed by atoms with E-state index in [0.717, 1.165) is 25.4 Å². The third-order valence-corrected chi connectivity index (χ3v) is 4.56. The number of hydrogen-bond donors (Lipinski definition) is 1. The van der Waals surface area contributed by atoms with E-state index in [1.807, 2.05) is 12.5 Å². The van der Waals surface area contributed by atoms with Crippen molar-refractivity contribution in [3.8, 4) is 5.69 Å². The van der Waals surface area contributed by atoms with Crippen molar-refractivity contribution in [1.82, 2.24) is 14.9 Å². The van der Waals surface area contributed by atoms with Gasteiger partial charge in [-0.2, -0.15) is 0 Å². The van der Waals surface area contributed by atoms with Crippen LogP contribution in [-0.2, 0) is 17.6 Å². The Labute approximate surface area is 125 Å². The molecule has 1 aromatic heterocycles. The molecule has 0 bridgehead atoms. The zero-order valence-electron chi connectivity index (χ0n) is 12.2. The smallest absolute Gasteiger partial charge is 0.112 e. The summed E-state index contributed by atoms with van der Waals surface area (Å²) in [7, 11) is 0. The molecule has 0 saturated carbocycles. The molecular weight excluding hydrogens is 262 g/mol. The van der Waals surface area contributed by atoms with Gasteiger partial charge in [0.05, 0.1) is 30.5 Å². The van der Waals surface area contributed by atoms with Crippen LogP contribution in [0.25, 0.3) is 5.69 Å². The normalized spacial score (nSPS) is 22.0. The van der Waals surface area contributed by atoms with Crippen LogP contribution in [0, 0.1) is 0 Å². The predicted octanol–water partition coefficient (Wildman–Crippen LogP) is 2.41. The minimum absolute atomic E-state index is 0.0979. The van der Waals surface area contributed by atoms with Crippen LogP contribution >= 0.6 is 0 Å². The molecule has 1 aliphatic carbocycles. The standard InChI is InChI=1S/C17H21N3O/c1-2-6-14-13(4-1)5-3-7-15(14)20-12-19-10-16(20)17-11-18-8-9-21-17/h3,5,7,10,12,17-18H,1-2,4,6,8-9,11H2. The zero-order chi connectivity index (χ0) is 14.1. The summed E-state index contributed by atoms with van der Waals surface area (Å²) in [6.45, 7) is 2.56. The SMILES string of the molecule is c1cc2c(c(-n3cncc3C3CNCCO3)c1)CCCC2. The molecular formula is C17H21N3O. The Hall–Kier alpha value is -1.65. The summed E-state index contributed by atoms with van der Waals surface area (Å²) >= 11 is 0. The first-order chi connectivity index (χ1) is 10.4. The summed E-state index contributed by atoms with van der Waals surface area (Å²) < 4.78 is 8.13.